The molecule has 22 heavy (non-hydrogen) atoms. The number of fused-ring (bicyclic) bond motifs is 2. The van der Waals surface area contributed by atoms with E-state index < -0.39 is 0 Å². The molecule has 5 nitrogen and oxygen atoms in total. The molecule has 0 saturated heterocycles. The molecule has 0 spiro atoms. The predicted molar refractivity (Wildman–Crippen MR) is 84.3 cm³/mol. The van der Waals surface area contributed by atoms with Crippen LogP contribution in [0.3, 0.4) is 0 Å². The number of anilines is 1. The van der Waals surface area contributed by atoms with Gasteiger partial charge in [-0.15, -0.1) is 0 Å². The first kappa shape index (κ1) is 13.7. The molecule has 2 aromatic heterocycles. The van der Waals surface area contributed by atoms with Crippen LogP contribution in [0.5, 0.6) is 0 Å². The number of aryl methyl sites for hydroxylation is 1. The van der Waals surface area contributed by atoms with Gasteiger partial charge in [-0.3, -0.25) is 0 Å². The summed E-state index contributed by atoms with van der Waals surface area (Å²) in [5.41, 5.74) is 0.885. The third kappa shape index (κ3) is 2.60. The standard InChI is InChI=1S/C17H22N4O/c1-11-20-17(22-21-11)15-3-2-7-18-16(15)19-8-6-14-10-12-4-5-13(14)9-12/h2-3,7,12-14H,4-6,8-10H2,1H3,(H,18,19). The smallest absolute Gasteiger partial charge is 0.261 e. The Morgan fingerprint density at radius 2 is 2.27 bits per heavy atom. The van der Waals surface area contributed by atoms with Crippen LogP contribution in [-0.4, -0.2) is 21.7 Å². The molecule has 116 valence electrons. The van der Waals surface area contributed by atoms with Crippen LogP contribution in [0.1, 0.15) is 37.9 Å². The maximum Gasteiger partial charge on any atom is 0.261 e. The summed E-state index contributed by atoms with van der Waals surface area (Å²) in [6.45, 7) is 2.79. The van der Waals surface area contributed by atoms with Gasteiger partial charge >= 0.3 is 0 Å². The molecule has 3 unspecified atom stereocenters. The van der Waals surface area contributed by atoms with Crippen molar-refractivity contribution in [3.05, 3.63) is 24.2 Å². The summed E-state index contributed by atoms with van der Waals surface area (Å²) in [6.07, 6.45) is 8.86. The first-order chi connectivity index (χ1) is 10.8. The Kier molecular flexibility index (Phi) is 3.56. The van der Waals surface area contributed by atoms with E-state index in [0.717, 1.165) is 35.7 Å². The molecule has 5 heteroatoms. The maximum atomic E-state index is 5.27. The SMILES string of the molecule is Cc1noc(-c2cccnc2NCCC2CC3CCC2C3)n1. The second-order valence-corrected chi connectivity index (χ2v) is 6.70. The minimum absolute atomic E-state index is 0.535. The topological polar surface area (TPSA) is 63.8 Å². The van der Waals surface area contributed by atoms with E-state index in [2.05, 4.69) is 20.4 Å². The normalized spacial score (nSPS) is 26.5. The zero-order valence-electron chi connectivity index (χ0n) is 13.0. The number of pyridine rings is 1. The van der Waals surface area contributed by atoms with Gasteiger partial charge in [-0.1, -0.05) is 11.6 Å². The van der Waals surface area contributed by atoms with E-state index in [-0.39, 0.29) is 0 Å². The van der Waals surface area contributed by atoms with E-state index in [4.69, 9.17) is 4.52 Å². The van der Waals surface area contributed by atoms with Gasteiger partial charge in [0, 0.05) is 12.7 Å². The minimum Gasteiger partial charge on any atom is -0.369 e. The van der Waals surface area contributed by atoms with Gasteiger partial charge < -0.3 is 9.84 Å². The first-order valence-electron chi connectivity index (χ1n) is 8.29. The van der Waals surface area contributed by atoms with Gasteiger partial charge in [0.15, 0.2) is 5.82 Å². The third-order valence-electron chi connectivity index (χ3n) is 5.26. The molecule has 4 rings (SSSR count). The summed E-state index contributed by atoms with van der Waals surface area (Å²) in [7, 11) is 0. The largest absolute Gasteiger partial charge is 0.369 e. The lowest BCUT2D eigenvalue weighted by molar-refractivity contribution is 0.321. The molecule has 2 bridgehead atoms. The van der Waals surface area contributed by atoms with Crippen LogP contribution >= 0.6 is 0 Å². The molecule has 2 aromatic rings. The highest BCUT2D eigenvalue weighted by Gasteiger charge is 2.38. The summed E-state index contributed by atoms with van der Waals surface area (Å²) in [6, 6.07) is 3.87. The van der Waals surface area contributed by atoms with Crippen LogP contribution in [0.4, 0.5) is 5.82 Å². The van der Waals surface area contributed by atoms with Crippen LogP contribution in [0, 0.1) is 24.7 Å². The molecular formula is C17H22N4O. The number of nitrogens with one attached hydrogen (secondary N) is 1. The zero-order chi connectivity index (χ0) is 14.9. The van der Waals surface area contributed by atoms with Gasteiger partial charge in [0.05, 0.1) is 5.56 Å². The molecule has 2 saturated carbocycles. The lowest BCUT2D eigenvalue weighted by Crippen LogP contribution is -2.15. The Morgan fingerprint density at radius 1 is 1.32 bits per heavy atom. The molecule has 2 fully saturated rings. The van der Waals surface area contributed by atoms with Crippen LogP contribution in [-0.2, 0) is 0 Å². The fourth-order valence-electron chi connectivity index (χ4n) is 4.23. The van der Waals surface area contributed by atoms with Crippen LogP contribution in [0.15, 0.2) is 22.9 Å². The fraction of sp³-hybridized carbons (Fsp3) is 0.588. The van der Waals surface area contributed by atoms with Gasteiger partial charge in [0.2, 0.25) is 0 Å². The second kappa shape index (κ2) is 5.71. The van der Waals surface area contributed by atoms with E-state index in [1.165, 1.54) is 32.1 Å². The van der Waals surface area contributed by atoms with Crippen molar-refractivity contribution < 1.29 is 4.52 Å². The molecule has 1 N–H and O–H groups in total. The maximum absolute atomic E-state index is 5.27. The molecule has 0 radical (unpaired) electrons. The van der Waals surface area contributed by atoms with Gasteiger partial charge in [-0.2, -0.15) is 4.98 Å². The van der Waals surface area contributed by atoms with Crippen molar-refractivity contribution in [2.75, 3.05) is 11.9 Å². The summed E-state index contributed by atoms with van der Waals surface area (Å²) in [5.74, 6) is 4.92. The number of nitrogens with zero attached hydrogens (tertiary/aromatic N) is 3. The van der Waals surface area contributed by atoms with Crippen molar-refractivity contribution in [1.29, 1.82) is 0 Å². The van der Waals surface area contributed by atoms with Crippen molar-refractivity contribution in [1.82, 2.24) is 15.1 Å². The lowest BCUT2D eigenvalue weighted by Gasteiger charge is -2.21. The number of hydrogen-bond acceptors (Lipinski definition) is 5. The molecule has 0 aliphatic heterocycles. The summed E-state index contributed by atoms with van der Waals surface area (Å²) in [4.78, 5) is 8.74. The Balaban J connectivity index is 1.40. The van der Waals surface area contributed by atoms with Crippen molar-refractivity contribution in [2.24, 2.45) is 17.8 Å². The third-order valence-corrected chi connectivity index (χ3v) is 5.26. The fourth-order valence-corrected chi connectivity index (χ4v) is 4.23. The Morgan fingerprint density at radius 3 is 3.00 bits per heavy atom. The van der Waals surface area contributed by atoms with Crippen molar-refractivity contribution in [2.45, 2.75) is 39.0 Å². The quantitative estimate of drug-likeness (QED) is 0.912. The van der Waals surface area contributed by atoms with E-state index >= 15 is 0 Å². The number of aromatic nitrogens is 3. The molecule has 0 amide bonds. The highest BCUT2D eigenvalue weighted by Crippen LogP contribution is 2.49. The molecule has 0 aromatic carbocycles. The van der Waals surface area contributed by atoms with Gasteiger partial charge in [0.1, 0.15) is 5.82 Å². The number of rotatable bonds is 5. The Bertz CT molecular complexity index is 654. The second-order valence-electron chi connectivity index (χ2n) is 6.70. The average Bonchev–Trinajstić information content (AvgIpc) is 3.24. The van der Waals surface area contributed by atoms with Crippen molar-refractivity contribution >= 4 is 5.82 Å². The molecule has 2 aliphatic carbocycles. The number of hydrogen-bond donors (Lipinski definition) is 1. The first-order valence-corrected chi connectivity index (χ1v) is 8.29. The van der Waals surface area contributed by atoms with Gasteiger partial charge in [-0.25, -0.2) is 4.98 Å². The van der Waals surface area contributed by atoms with Crippen molar-refractivity contribution in [3.8, 4) is 11.5 Å². The van der Waals surface area contributed by atoms with Crippen LogP contribution < -0.4 is 5.32 Å². The monoisotopic (exact) mass is 298 g/mol. The minimum atomic E-state index is 0.535. The molecular weight excluding hydrogens is 276 g/mol. The van der Waals surface area contributed by atoms with Gasteiger partial charge in [0.25, 0.3) is 5.89 Å². The lowest BCUT2D eigenvalue weighted by atomic mass is 9.86. The molecule has 2 heterocycles. The predicted octanol–water partition coefficient (Wildman–Crippen LogP) is 3.68. The highest BCUT2D eigenvalue weighted by atomic mass is 16.5. The van der Waals surface area contributed by atoms with Gasteiger partial charge in [-0.05, 0) is 62.5 Å². The molecule has 3 atom stereocenters. The average molecular weight is 298 g/mol. The van der Waals surface area contributed by atoms with E-state index in [1.54, 1.807) is 6.20 Å². The molecule has 2 aliphatic rings. The van der Waals surface area contributed by atoms with E-state index in [1.807, 2.05) is 19.1 Å². The Hall–Kier alpha value is -1.91. The summed E-state index contributed by atoms with van der Waals surface area (Å²) in [5, 5.41) is 7.33. The van der Waals surface area contributed by atoms with Crippen molar-refractivity contribution in [3.63, 3.8) is 0 Å². The summed E-state index contributed by atoms with van der Waals surface area (Å²) >= 11 is 0. The highest BCUT2D eigenvalue weighted by molar-refractivity contribution is 5.68. The van der Waals surface area contributed by atoms with Crippen LogP contribution in [0.2, 0.25) is 0 Å². The Labute approximate surface area is 130 Å². The van der Waals surface area contributed by atoms with E-state index in [9.17, 15) is 0 Å². The summed E-state index contributed by atoms with van der Waals surface area (Å²) < 4.78 is 5.27. The van der Waals surface area contributed by atoms with E-state index in [0.29, 0.717) is 11.7 Å². The zero-order valence-corrected chi connectivity index (χ0v) is 13.0. The van der Waals surface area contributed by atoms with Crippen LogP contribution in [0.25, 0.3) is 11.5 Å².